The average molecular weight is 451 g/mol. The molecule has 0 unspecified atom stereocenters. The first kappa shape index (κ1) is 22.1. The zero-order valence-corrected chi connectivity index (χ0v) is 16.9. The van der Waals surface area contributed by atoms with Crippen LogP contribution in [0.15, 0.2) is 42.6 Å². The van der Waals surface area contributed by atoms with Crippen LogP contribution in [-0.4, -0.2) is 45.3 Å². The normalized spacial score (nSPS) is 19.2. The first-order chi connectivity index (χ1) is 15.2. The van der Waals surface area contributed by atoms with Gasteiger partial charge in [0.05, 0.1) is 6.10 Å². The number of halogens is 4. The summed E-state index contributed by atoms with van der Waals surface area (Å²) in [6, 6.07) is 8.96. The van der Waals surface area contributed by atoms with Gasteiger partial charge in [0.25, 0.3) is 5.91 Å². The van der Waals surface area contributed by atoms with Crippen molar-refractivity contribution in [1.82, 2.24) is 14.7 Å². The Labute approximate surface area is 180 Å². The van der Waals surface area contributed by atoms with Gasteiger partial charge in [-0.25, -0.2) is 4.98 Å². The third kappa shape index (κ3) is 4.69. The van der Waals surface area contributed by atoms with Crippen LogP contribution >= 0.6 is 0 Å². The highest BCUT2D eigenvalue weighted by molar-refractivity contribution is 5.94. The van der Waals surface area contributed by atoms with Crippen LogP contribution < -0.4 is 10.1 Å². The Morgan fingerprint density at radius 2 is 1.81 bits per heavy atom. The molecule has 1 saturated carbocycles. The van der Waals surface area contributed by atoms with E-state index in [2.05, 4.69) is 10.3 Å². The summed E-state index contributed by atoms with van der Waals surface area (Å²) < 4.78 is 59.0. The molecule has 1 aliphatic rings. The van der Waals surface area contributed by atoms with Gasteiger partial charge in [-0.3, -0.25) is 9.20 Å². The minimum atomic E-state index is -4.51. The fraction of sp³-hybridized carbons (Fsp3) is 0.364. The molecule has 2 heterocycles. The van der Waals surface area contributed by atoms with Crippen molar-refractivity contribution in [3.05, 3.63) is 54.2 Å². The Bertz CT molecular complexity index is 1120. The second-order valence-electron chi connectivity index (χ2n) is 7.75. The number of aliphatic hydroxyl groups is 1. The van der Waals surface area contributed by atoms with E-state index in [9.17, 15) is 23.1 Å². The molecule has 2 N–H and O–H groups in total. The number of ether oxygens (including phenoxy) is 1. The molecule has 2 aromatic heterocycles. The van der Waals surface area contributed by atoms with E-state index >= 15 is 4.39 Å². The van der Waals surface area contributed by atoms with Crippen LogP contribution in [0.1, 0.15) is 36.2 Å². The lowest BCUT2D eigenvalue weighted by Crippen LogP contribution is -2.39. The number of hydrogen-bond donors (Lipinski definition) is 2. The van der Waals surface area contributed by atoms with Crippen LogP contribution in [0.3, 0.4) is 0 Å². The van der Waals surface area contributed by atoms with Gasteiger partial charge < -0.3 is 15.2 Å². The minimum Gasteiger partial charge on any atom is -0.483 e. The third-order valence-corrected chi connectivity index (χ3v) is 5.41. The van der Waals surface area contributed by atoms with Crippen molar-refractivity contribution in [1.29, 1.82) is 0 Å². The Hall–Kier alpha value is -3.14. The van der Waals surface area contributed by atoms with E-state index in [-0.39, 0.29) is 17.4 Å². The topological polar surface area (TPSA) is 75.9 Å². The molecular weight excluding hydrogens is 430 g/mol. The molecule has 1 amide bonds. The maximum atomic E-state index is 15.0. The number of aliphatic hydroxyl groups excluding tert-OH is 1. The van der Waals surface area contributed by atoms with Gasteiger partial charge in [-0.1, -0.05) is 18.2 Å². The molecule has 1 aliphatic carbocycles. The minimum absolute atomic E-state index is 0.0342. The van der Waals surface area contributed by atoms with Crippen LogP contribution in [-0.2, 0) is 0 Å². The number of pyridine rings is 1. The van der Waals surface area contributed by atoms with Gasteiger partial charge in [0.1, 0.15) is 11.4 Å². The van der Waals surface area contributed by atoms with Gasteiger partial charge in [-0.2, -0.15) is 17.6 Å². The average Bonchev–Trinajstić information content (AvgIpc) is 3.10. The first-order valence-corrected chi connectivity index (χ1v) is 10.2. The van der Waals surface area contributed by atoms with Gasteiger partial charge in [0.15, 0.2) is 12.3 Å². The number of carbonyl (C=O) groups is 1. The summed E-state index contributed by atoms with van der Waals surface area (Å²) >= 11 is 0. The summed E-state index contributed by atoms with van der Waals surface area (Å²) in [6.45, 7) is -1.47. The number of nitrogens with one attached hydrogen (secondary N) is 1. The predicted octanol–water partition coefficient (Wildman–Crippen LogP) is 4.11. The highest BCUT2D eigenvalue weighted by Gasteiger charge is 2.29. The van der Waals surface area contributed by atoms with Crippen molar-refractivity contribution < 1.29 is 32.2 Å². The van der Waals surface area contributed by atoms with Crippen LogP contribution in [0, 0.1) is 5.95 Å². The monoisotopic (exact) mass is 451 g/mol. The number of nitrogens with zero attached hydrogens (tertiary/aromatic N) is 2. The largest absolute Gasteiger partial charge is 0.483 e. The van der Waals surface area contributed by atoms with Crippen LogP contribution in [0.2, 0.25) is 0 Å². The summed E-state index contributed by atoms with van der Waals surface area (Å²) in [5.41, 5.74) is 0.291. The van der Waals surface area contributed by atoms with E-state index in [0.29, 0.717) is 36.8 Å². The Balaban J connectivity index is 1.66. The van der Waals surface area contributed by atoms with Crippen molar-refractivity contribution in [2.45, 2.75) is 44.0 Å². The molecule has 0 atom stereocenters. The van der Waals surface area contributed by atoms with E-state index < -0.39 is 36.4 Å². The Morgan fingerprint density at radius 1 is 1.12 bits per heavy atom. The molecule has 4 rings (SSSR count). The molecule has 3 aromatic rings. The maximum Gasteiger partial charge on any atom is 0.422 e. The summed E-state index contributed by atoms with van der Waals surface area (Å²) in [5, 5.41) is 12.3. The zero-order chi connectivity index (χ0) is 22.9. The fourth-order valence-corrected chi connectivity index (χ4v) is 3.84. The number of aromatic nitrogens is 2. The number of amides is 1. The summed E-state index contributed by atoms with van der Waals surface area (Å²) in [4.78, 5) is 16.8. The second-order valence-corrected chi connectivity index (χ2v) is 7.75. The number of fused-ring (bicyclic) bond motifs is 1. The highest BCUT2D eigenvalue weighted by Crippen LogP contribution is 2.34. The SMILES string of the molecule is O=C(NC1CCC(O)CC1)c1nc2c(-c3ccccc3OCC(F)(F)F)cccn2c1F. The quantitative estimate of drug-likeness (QED) is 0.573. The smallest absolute Gasteiger partial charge is 0.422 e. The van der Waals surface area contributed by atoms with Crippen LogP contribution in [0.4, 0.5) is 17.6 Å². The number of para-hydroxylation sites is 1. The molecule has 0 radical (unpaired) electrons. The lowest BCUT2D eigenvalue weighted by Gasteiger charge is -2.25. The first-order valence-electron chi connectivity index (χ1n) is 10.2. The van der Waals surface area contributed by atoms with E-state index in [0.717, 1.165) is 4.40 Å². The fourth-order valence-electron chi connectivity index (χ4n) is 3.84. The van der Waals surface area contributed by atoms with Crippen molar-refractivity contribution in [3.63, 3.8) is 0 Å². The van der Waals surface area contributed by atoms with Crippen LogP contribution in [0.5, 0.6) is 5.75 Å². The van der Waals surface area contributed by atoms with Gasteiger partial charge in [0, 0.05) is 23.4 Å². The Morgan fingerprint density at radius 3 is 2.53 bits per heavy atom. The maximum absolute atomic E-state index is 15.0. The van der Waals surface area contributed by atoms with Gasteiger partial charge in [0.2, 0.25) is 5.95 Å². The lowest BCUT2D eigenvalue weighted by atomic mass is 9.93. The number of benzene rings is 1. The summed E-state index contributed by atoms with van der Waals surface area (Å²) in [7, 11) is 0. The molecule has 170 valence electrons. The molecule has 32 heavy (non-hydrogen) atoms. The molecule has 6 nitrogen and oxygen atoms in total. The van der Waals surface area contributed by atoms with Crippen molar-refractivity contribution >= 4 is 11.6 Å². The lowest BCUT2D eigenvalue weighted by molar-refractivity contribution is -0.153. The molecule has 10 heteroatoms. The number of alkyl halides is 3. The number of hydrogen-bond acceptors (Lipinski definition) is 4. The molecule has 0 aliphatic heterocycles. The third-order valence-electron chi connectivity index (χ3n) is 5.41. The predicted molar refractivity (Wildman–Crippen MR) is 108 cm³/mol. The summed E-state index contributed by atoms with van der Waals surface area (Å²) in [6.07, 6.45) is -1.26. The van der Waals surface area contributed by atoms with Crippen LogP contribution in [0.25, 0.3) is 16.8 Å². The number of imidazole rings is 1. The summed E-state index contributed by atoms with van der Waals surface area (Å²) in [5.74, 6) is -1.59. The van der Waals surface area contributed by atoms with Crippen molar-refractivity contribution in [2.75, 3.05) is 6.61 Å². The van der Waals surface area contributed by atoms with Crippen molar-refractivity contribution in [2.24, 2.45) is 0 Å². The number of rotatable bonds is 5. The molecule has 1 aromatic carbocycles. The zero-order valence-electron chi connectivity index (χ0n) is 16.9. The molecule has 1 fully saturated rings. The van der Waals surface area contributed by atoms with E-state index in [1.165, 1.54) is 24.4 Å². The van der Waals surface area contributed by atoms with Gasteiger partial charge in [-0.05, 0) is 43.9 Å². The highest BCUT2D eigenvalue weighted by atomic mass is 19.4. The van der Waals surface area contributed by atoms with E-state index in [4.69, 9.17) is 4.74 Å². The van der Waals surface area contributed by atoms with Gasteiger partial charge in [-0.15, -0.1) is 0 Å². The van der Waals surface area contributed by atoms with E-state index in [1.807, 2.05) is 0 Å². The van der Waals surface area contributed by atoms with Gasteiger partial charge >= 0.3 is 6.18 Å². The van der Waals surface area contributed by atoms with E-state index in [1.54, 1.807) is 18.2 Å². The second kappa shape index (κ2) is 8.78. The Kier molecular flexibility index (Phi) is 6.05. The molecule has 0 saturated heterocycles. The molecular formula is C22H21F4N3O3. The molecule has 0 bridgehead atoms. The standard InChI is InChI=1S/C22H21F4N3O3/c23-19-18(21(31)27-13-7-9-14(30)10-8-13)28-20-16(5-3-11-29(19)20)15-4-1-2-6-17(15)32-12-22(24,25)26/h1-6,11,13-14,30H,7-10,12H2,(H,27,31). The van der Waals surface area contributed by atoms with Crippen molar-refractivity contribution in [3.8, 4) is 16.9 Å². The molecule has 0 spiro atoms. The number of carbonyl (C=O) groups excluding carboxylic acids is 1.